The Morgan fingerprint density at radius 2 is 2.06 bits per heavy atom. The van der Waals surface area contributed by atoms with E-state index >= 15 is 0 Å². The molecule has 1 aliphatic rings. The van der Waals surface area contributed by atoms with E-state index in [-0.39, 0.29) is 11.6 Å². The normalized spacial score (nSPS) is 17.3. The molecule has 0 spiro atoms. The topological polar surface area (TPSA) is 41.6 Å². The number of terminal acetylenes is 1. The summed E-state index contributed by atoms with van der Waals surface area (Å²) in [6, 6.07) is 0.0329. The van der Waals surface area contributed by atoms with Crippen molar-refractivity contribution in [2.24, 2.45) is 5.92 Å². The van der Waals surface area contributed by atoms with Gasteiger partial charge in [-0.15, -0.1) is 6.42 Å². The van der Waals surface area contributed by atoms with E-state index in [9.17, 15) is 4.79 Å². The van der Waals surface area contributed by atoms with E-state index in [2.05, 4.69) is 11.2 Å². The number of likely N-dealkylation sites (tertiary alicyclic amines) is 1. The lowest BCUT2D eigenvalue weighted by molar-refractivity contribution is 0.0900. The van der Waals surface area contributed by atoms with Gasteiger partial charge in [-0.05, 0) is 39.5 Å². The maximum absolute atomic E-state index is 11.9. The van der Waals surface area contributed by atoms with E-state index in [0.717, 1.165) is 25.9 Å². The van der Waals surface area contributed by atoms with Gasteiger partial charge in [0.25, 0.3) is 0 Å². The second-order valence-corrected chi connectivity index (χ2v) is 5.83. The fourth-order valence-electron chi connectivity index (χ4n) is 1.99. The zero-order valence-electron chi connectivity index (χ0n) is 11.7. The molecule has 0 aromatic rings. The highest BCUT2D eigenvalue weighted by Gasteiger charge is 2.25. The van der Waals surface area contributed by atoms with Gasteiger partial charge in [-0.1, -0.05) is 5.92 Å². The second-order valence-electron chi connectivity index (χ2n) is 5.83. The third-order valence-corrected chi connectivity index (χ3v) is 2.92. The molecule has 102 valence electrons. The van der Waals surface area contributed by atoms with Crippen molar-refractivity contribution >= 4 is 6.03 Å². The highest BCUT2D eigenvalue weighted by atomic mass is 16.5. The molecule has 0 atom stereocenters. The van der Waals surface area contributed by atoms with E-state index in [0.29, 0.717) is 19.1 Å². The monoisotopic (exact) mass is 252 g/mol. The summed E-state index contributed by atoms with van der Waals surface area (Å²) < 4.78 is 5.34. The maximum atomic E-state index is 11.9. The van der Waals surface area contributed by atoms with Crippen LogP contribution in [0.3, 0.4) is 0 Å². The highest BCUT2D eigenvalue weighted by Crippen LogP contribution is 2.18. The molecule has 1 aliphatic heterocycles. The fraction of sp³-hybridized carbons (Fsp3) is 0.786. The summed E-state index contributed by atoms with van der Waals surface area (Å²) in [5, 5.41) is 2.99. The van der Waals surface area contributed by atoms with Crippen LogP contribution in [0.15, 0.2) is 0 Å². The number of piperidine rings is 1. The summed E-state index contributed by atoms with van der Waals surface area (Å²) in [5.74, 6) is 2.99. The van der Waals surface area contributed by atoms with Crippen molar-refractivity contribution in [3.8, 4) is 12.3 Å². The lowest BCUT2D eigenvalue weighted by Crippen LogP contribution is -2.50. The summed E-state index contributed by atoms with van der Waals surface area (Å²) in [7, 11) is 0. The highest BCUT2D eigenvalue weighted by molar-refractivity contribution is 5.75. The number of ether oxygens (including phenoxy) is 1. The first-order valence-corrected chi connectivity index (χ1v) is 6.50. The van der Waals surface area contributed by atoms with Crippen molar-refractivity contribution in [2.45, 2.75) is 39.2 Å². The summed E-state index contributed by atoms with van der Waals surface area (Å²) in [5.41, 5.74) is -0.177. The summed E-state index contributed by atoms with van der Waals surface area (Å²) in [6.07, 6.45) is 7.10. The zero-order valence-corrected chi connectivity index (χ0v) is 11.7. The van der Waals surface area contributed by atoms with Gasteiger partial charge < -0.3 is 15.0 Å². The first-order chi connectivity index (χ1) is 8.42. The number of urea groups is 1. The Morgan fingerprint density at radius 3 is 2.56 bits per heavy atom. The predicted molar refractivity (Wildman–Crippen MR) is 72.2 cm³/mol. The molecule has 0 aliphatic carbocycles. The number of carbonyl (C=O) groups excluding carboxylic acids is 1. The second kappa shape index (κ2) is 6.65. The van der Waals surface area contributed by atoms with E-state index in [1.165, 1.54) is 0 Å². The molecular formula is C14H24N2O2. The van der Waals surface area contributed by atoms with E-state index in [1.807, 2.05) is 25.7 Å². The average Bonchev–Trinajstić information content (AvgIpc) is 2.28. The van der Waals surface area contributed by atoms with Crippen molar-refractivity contribution < 1.29 is 9.53 Å². The minimum absolute atomic E-state index is 0.0329. The quantitative estimate of drug-likeness (QED) is 0.615. The van der Waals surface area contributed by atoms with Crippen LogP contribution in [0.4, 0.5) is 4.79 Å². The van der Waals surface area contributed by atoms with Crippen molar-refractivity contribution in [2.75, 3.05) is 26.3 Å². The number of hydrogen-bond donors (Lipinski definition) is 1. The lowest BCUT2D eigenvalue weighted by Gasteiger charge is -2.34. The number of rotatable bonds is 3. The largest absolute Gasteiger partial charge is 0.369 e. The Kier molecular flexibility index (Phi) is 5.49. The summed E-state index contributed by atoms with van der Waals surface area (Å²) in [4.78, 5) is 13.8. The number of hydrogen-bond acceptors (Lipinski definition) is 2. The molecule has 4 nitrogen and oxygen atoms in total. The van der Waals surface area contributed by atoms with E-state index in [1.54, 1.807) is 0 Å². The molecule has 0 saturated carbocycles. The standard InChI is InChI=1S/C14H24N2O2/c1-5-10-18-11-12-6-8-16(9-7-12)13(17)15-14(2,3)4/h1,12H,6-11H2,2-4H3,(H,15,17). The minimum atomic E-state index is -0.177. The summed E-state index contributed by atoms with van der Waals surface area (Å²) >= 11 is 0. The molecule has 18 heavy (non-hydrogen) atoms. The van der Waals surface area contributed by atoms with Crippen LogP contribution >= 0.6 is 0 Å². The Bertz CT molecular complexity index is 307. The molecule has 0 radical (unpaired) electrons. The Balaban J connectivity index is 2.27. The average molecular weight is 252 g/mol. The Labute approximate surface area is 110 Å². The van der Waals surface area contributed by atoms with Crippen LogP contribution < -0.4 is 5.32 Å². The smallest absolute Gasteiger partial charge is 0.317 e. The predicted octanol–water partition coefficient (Wildman–Crippen LogP) is 1.86. The Morgan fingerprint density at radius 1 is 1.44 bits per heavy atom. The van der Waals surface area contributed by atoms with Crippen LogP contribution in [-0.4, -0.2) is 42.8 Å². The van der Waals surface area contributed by atoms with Gasteiger partial charge >= 0.3 is 6.03 Å². The van der Waals surface area contributed by atoms with Crippen molar-refractivity contribution in [1.29, 1.82) is 0 Å². The number of nitrogens with zero attached hydrogens (tertiary/aromatic N) is 1. The molecule has 1 rings (SSSR count). The molecule has 1 saturated heterocycles. The molecule has 0 aromatic carbocycles. The van der Waals surface area contributed by atoms with Crippen molar-refractivity contribution in [3.63, 3.8) is 0 Å². The Hall–Kier alpha value is -1.21. The first-order valence-electron chi connectivity index (χ1n) is 6.50. The molecule has 1 heterocycles. The van der Waals surface area contributed by atoms with Gasteiger partial charge in [0.15, 0.2) is 0 Å². The molecule has 4 heteroatoms. The molecular weight excluding hydrogens is 228 g/mol. The van der Waals surface area contributed by atoms with Crippen molar-refractivity contribution in [3.05, 3.63) is 0 Å². The fourth-order valence-corrected chi connectivity index (χ4v) is 1.99. The third-order valence-electron chi connectivity index (χ3n) is 2.92. The van der Waals surface area contributed by atoms with Crippen molar-refractivity contribution in [1.82, 2.24) is 10.2 Å². The van der Waals surface area contributed by atoms with Gasteiger partial charge in [-0.25, -0.2) is 4.79 Å². The van der Waals surface area contributed by atoms with E-state index < -0.39 is 0 Å². The van der Waals surface area contributed by atoms with Gasteiger partial charge in [0.05, 0.1) is 6.61 Å². The molecule has 0 unspecified atom stereocenters. The molecule has 1 fully saturated rings. The minimum Gasteiger partial charge on any atom is -0.369 e. The molecule has 2 amide bonds. The maximum Gasteiger partial charge on any atom is 0.317 e. The van der Waals surface area contributed by atoms with Gasteiger partial charge in [0.2, 0.25) is 0 Å². The van der Waals surface area contributed by atoms with Gasteiger partial charge in [-0.2, -0.15) is 0 Å². The number of amides is 2. The molecule has 0 aromatic heterocycles. The third kappa shape index (κ3) is 5.42. The van der Waals surface area contributed by atoms with Crippen LogP contribution in [0, 0.1) is 18.3 Å². The molecule has 1 N–H and O–H groups in total. The summed E-state index contributed by atoms with van der Waals surface area (Å²) in [6.45, 7) is 8.66. The number of carbonyl (C=O) groups is 1. The SMILES string of the molecule is C#CCOCC1CCN(C(=O)NC(C)(C)C)CC1. The molecule has 0 bridgehead atoms. The van der Waals surface area contributed by atoms with Crippen LogP contribution in [0.5, 0.6) is 0 Å². The van der Waals surface area contributed by atoms with Crippen LogP contribution in [0.2, 0.25) is 0 Å². The van der Waals surface area contributed by atoms with Crippen LogP contribution in [0.1, 0.15) is 33.6 Å². The van der Waals surface area contributed by atoms with Gasteiger partial charge in [0.1, 0.15) is 6.61 Å². The lowest BCUT2D eigenvalue weighted by atomic mass is 9.98. The zero-order chi connectivity index (χ0) is 13.6. The van der Waals surface area contributed by atoms with Crippen LogP contribution in [-0.2, 0) is 4.74 Å². The first kappa shape index (κ1) is 14.8. The number of nitrogens with one attached hydrogen (secondary N) is 1. The van der Waals surface area contributed by atoms with Gasteiger partial charge in [0, 0.05) is 18.6 Å². The van der Waals surface area contributed by atoms with Crippen LogP contribution in [0.25, 0.3) is 0 Å². The van der Waals surface area contributed by atoms with E-state index in [4.69, 9.17) is 11.2 Å². The van der Waals surface area contributed by atoms with Gasteiger partial charge in [-0.3, -0.25) is 0 Å².